The third-order valence-corrected chi connectivity index (χ3v) is 7.96. The van der Waals surface area contributed by atoms with Crippen LogP contribution in [0.1, 0.15) is 87.9 Å². The molecule has 2 aliphatic carbocycles. The van der Waals surface area contributed by atoms with E-state index in [4.69, 9.17) is 23.7 Å². The van der Waals surface area contributed by atoms with Crippen molar-refractivity contribution >= 4 is 29.8 Å². The number of benzene rings is 1. The summed E-state index contributed by atoms with van der Waals surface area (Å²) in [5.74, 6) is -2.43. The normalized spacial score (nSPS) is 22.1. The Morgan fingerprint density at radius 2 is 1.36 bits per heavy atom. The summed E-state index contributed by atoms with van der Waals surface area (Å²) < 4.78 is 26.4. The molecule has 10 heteroatoms. The van der Waals surface area contributed by atoms with Crippen molar-refractivity contribution in [3.05, 3.63) is 36.4 Å². The van der Waals surface area contributed by atoms with E-state index in [-0.39, 0.29) is 54.1 Å². The van der Waals surface area contributed by atoms with Crippen molar-refractivity contribution < 1.29 is 47.7 Å². The third-order valence-electron chi connectivity index (χ3n) is 7.96. The Balaban J connectivity index is 1.50. The lowest BCUT2D eigenvalue weighted by Crippen LogP contribution is -2.25. The van der Waals surface area contributed by atoms with Crippen molar-refractivity contribution in [2.75, 3.05) is 20.3 Å². The summed E-state index contributed by atoms with van der Waals surface area (Å²) in [6.07, 6.45) is 8.47. The standard InChI is InChI=1S/C32H42O10/c1-4-28(33)39-18-5-6-19-40-29(34)22-8-7-9-23(15-14-22)30(35)41-25-16-17-27(26(20-25)32(37)38-3)42-31(36)24-12-10-21(2)11-13-24/h4,16-17,20-24H,1,5-15,18-19H2,2-3H3. The van der Waals surface area contributed by atoms with E-state index in [2.05, 4.69) is 13.5 Å². The van der Waals surface area contributed by atoms with Crippen molar-refractivity contribution in [3.8, 4) is 11.5 Å². The molecule has 2 saturated carbocycles. The highest BCUT2D eigenvalue weighted by atomic mass is 16.6. The van der Waals surface area contributed by atoms with Crippen LogP contribution in [-0.2, 0) is 33.4 Å². The Morgan fingerprint density at radius 3 is 2.00 bits per heavy atom. The molecule has 0 spiro atoms. The quantitative estimate of drug-likeness (QED) is 0.0787. The minimum atomic E-state index is -0.707. The van der Waals surface area contributed by atoms with Gasteiger partial charge in [0.2, 0.25) is 0 Å². The maximum atomic E-state index is 13.0. The zero-order valence-electron chi connectivity index (χ0n) is 24.6. The Labute approximate surface area is 247 Å². The number of hydrogen-bond acceptors (Lipinski definition) is 10. The molecule has 2 fully saturated rings. The van der Waals surface area contributed by atoms with E-state index >= 15 is 0 Å². The smallest absolute Gasteiger partial charge is 0.341 e. The van der Waals surface area contributed by atoms with E-state index in [1.165, 1.54) is 25.3 Å². The number of rotatable bonds is 12. The summed E-state index contributed by atoms with van der Waals surface area (Å²) in [7, 11) is 1.23. The largest absolute Gasteiger partial charge is 0.465 e. The second kappa shape index (κ2) is 16.7. The van der Waals surface area contributed by atoms with E-state index in [9.17, 15) is 24.0 Å². The van der Waals surface area contributed by atoms with Gasteiger partial charge < -0.3 is 23.7 Å². The highest BCUT2D eigenvalue weighted by molar-refractivity contribution is 5.94. The Morgan fingerprint density at radius 1 is 0.786 bits per heavy atom. The summed E-state index contributed by atoms with van der Waals surface area (Å²) >= 11 is 0. The number of methoxy groups -OCH3 is 1. The van der Waals surface area contributed by atoms with Crippen LogP contribution in [0.5, 0.6) is 11.5 Å². The molecule has 0 bridgehead atoms. The van der Waals surface area contributed by atoms with Crippen LogP contribution in [0, 0.1) is 23.7 Å². The molecule has 0 aliphatic heterocycles. The van der Waals surface area contributed by atoms with Gasteiger partial charge in [0.25, 0.3) is 0 Å². The average Bonchev–Trinajstić information content (AvgIpc) is 3.26. The summed E-state index contributed by atoms with van der Waals surface area (Å²) in [6.45, 7) is 5.97. The zero-order valence-corrected chi connectivity index (χ0v) is 24.6. The van der Waals surface area contributed by atoms with Crippen molar-refractivity contribution in [2.45, 2.75) is 77.6 Å². The Kier molecular flexibility index (Phi) is 13.0. The minimum Gasteiger partial charge on any atom is -0.465 e. The molecule has 0 saturated heterocycles. The van der Waals surface area contributed by atoms with Crippen LogP contribution in [0.15, 0.2) is 30.9 Å². The van der Waals surface area contributed by atoms with Gasteiger partial charge >= 0.3 is 29.8 Å². The molecule has 10 nitrogen and oxygen atoms in total. The van der Waals surface area contributed by atoms with Crippen LogP contribution in [0.25, 0.3) is 0 Å². The van der Waals surface area contributed by atoms with Gasteiger partial charge in [-0.05, 0) is 88.3 Å². The van der Waals surface area contributed by atoms with Crippen molar-refractivity contribution in [1.82, 2.24) is 0 Å². The van der Waals surface area contributed by atoms with Crippen molar-refractivity contribution in [1.29, 1.82) is 0 Å². The predicted octanol–water partition coefficient (Wildman–Crippen LogP) is 5.36. The second-order valence-corrected chi connectivity index (χ2v) is 11.1. The van der Waals surface area contributed by atoms with Gasteiger partial charge in [0, 0.05) is 6.08 Å². The fourth-order valence-electron chi connectivity index (χ4n) is 5.32. The SMILES string of the molecule is C=CC(=O)OCCCCOC(=O)C1CCCC(C(=O)Oc2ccc(OC(=O)C3CCC(C)CC3)c(C(=O)OC)c2)CC1. The van der Waals surface area contributed by atoms with Crippen LogP contribution in [0.4, 0.5) is 0 Å². The fourth-order valence-corrected chi connectivity index (χ4v) is 5.32. The number of hydrogen-bond donors (Lipinski definition) is 0. The van der Waals surface area contributed by atoms with Gasteiger partial charge in [-0.1, -0.05) is 19.9 Å². The van der Waals surface area contributed by atoms with Gasteiger partial charge in [-0.3, -0.25) is 14.4 Å². The topological polar surface area (TPSA) is 132 Å². The molecular weight excluding hydrogens is 544 g/mol. The van der Waals surface area contributed by atoms with E-state index in [0.717, 1.165) is 31.8 Å². The Bertz CT molecular complexity index is 1120. The maximum absolute atomic E-state index is 13.0. The van der Waals surface area contributed by atoms with Gasteiger partial charge in [0.15, 0.2) is 0 Å². The number of esters is 5. The van der Waals surface area contributed by atoms with Gasteiger partial charge in [-0.2, -0.15) is 0 Å². The molecule has 0 aromatic heterocycles. The van der Waals surface area contributed by atoms with Crippen molar-refractivity contribution in [2.24, 2.45) is 23.7 Å². The molecule has 0 amide bonds. The first-order chi connectivity index (χ1) is 20.2. The third kappa shape index (κ3) is 9.99. The maximum Gasteiger partial charge on any atom is 0.341 e. The Hall–Kier alpha value is -3.69. The number of carbonyl (C=O) groups is 5. The van der Waals surface area contributed by atoms with Crippen LogP contribution in [0.3, 0.4) is 0 Å². The molecule has 2 atom stereocenters. The molecular formula is C32H42O10. The van der Waals surface area contributed by atoms with Gasteiger partial charge in [-0.15, -0.1) is 0 Å². The van der Waals surface area contributed by atoms with Crippen LogP contribution < -0.4 is 9.47 Å². The van der Waals surface area contributed by atoms with Crippen LogP contribution in [-0.4, -0.2) is 50.2 Å². The van der Waals surface area contributed by atoms with Gasteiger partial charge in [0.1, 0.15) is 17.1 Å². The number of unbranched alkanes of at least 4 members (excludes halogenated alkanes) is 1. The average molecular weight is 587 g/mol. The van der Waals surface area contributed by atoms with E-state index in [1.54, 1.807) is 0 Å². The number of ether oxygens (including phenoxy) is 5. The molecule has 1 aromatic carbocycles. The first-order valence-corrected chi connectivity index (χ1v) is 14.8. The molecule has 0 radical (unpaired) electrons. The lowest BCUT2D eigenvalue weighted by Gasteiger charge is -2.24. The second-order valence-electron chi connectivity index (χ2n) is 11.1. The molecule has 3 rings (SSSR count). The fraction of sp³-hybridized carbons (Fsp3) is 0.594. The molecule has 2 unspecified atom stereocenters. The number of carbonyl (C=O) groups excluding carboxylic acids is 5. The van der Waals surface area contributed by atoms with Crippen LogP contribution >= 0.6 is 0 Å². The van der Waals surface area contributed by atoms with Crippen molar-refractivity contribution in [3.63, 3.8) is 0 Å². The lowest BCUT2D eigenvalue weighted by molar-refractivity contribution is -0.150. The highest BCUT2D eigenvalue weighted by Gasteiger charge is 2.31. The van der Waals surface area contributed by atoms with Gasteiger partial charge in [-0.25, -0.2) is 9.59 Å². The summed E-state index contributed by atoms with van der Waals surface area (Å²) in [5.41, 5.74) is 0.00266. The monoisotopic (exact) mass is 586 g/mol. The first-order valence-electron chi connectivity index (χ1n) is 14.8. The minimum absolute atomic E-state index is 0.00266. The first kappa shape index (κ1) is 32.8. The summed E-state index contributed by atoms with van der Waals surface area (Å²) in [4.78, 5) is 61.8. The highest BCUT2D eigenvalue weighted by Crippen LogP contribution is 2.33. The molecule has 230 valence electrons. The van der Waals surface area contributed by atoms with E-state index < -0.39 is 23.8 Å². The predicted molar refractivity (Wildman–Crippen MR) is 152 cm³/mol. The molecule has 0 heterocycles. The molecule has 1 aromatic rings. The van der Waals surface area contributed by atoms with E-state index in [0.29, 0.717) is 50.9 Å². The van der Waals surface area contributed by atoms with Gasteiger partial charge in [0.05, 0.1) is 38.1 Å². The van der Waals surface area contributed by atoms with Crippen LogP contribution in [0.2, 0.25) is 0 Å². The summed E-state index contributed by atoms with van der Waals surface area (Å²) in [5, 5.41) is 0. The zero-order chi connectivity index (χ0) is 30.5. The van der Waals surface area contributed by atoms with E-state index in [1.807, 2.05) is 0 Å². The molecule has 42 heavy (non-hydrogen) atoms. The molecule has 0 N–H and O–H groups in total. The lowest BCUT2D eigenvalue weighted by atomic mass is 9.83. The molecule has 2 aliphatic rings. The summed E-state index contributed by atoms with van der Waals surface area (Å²) in [6, 6.07) is 4.29.